The molecule has 0 fully saturated rings. The normalized spacial score (nSPS) is 24.6. The van der Waals surface area contributed by atoms with Gasteiger partial charge in [-0.25, -0.2) is 6.26 Å². The van der Waals surface area contributed by atoms with Crippen LogP contribution in [0.3, 0.4) is 0 Å². The van der Waals surface area contributed by atoms with Crippen molar-refractivity contribution in [3.8, 4) is 0 Å². The van der Waals surface area contributed by atoms with Crippen LogP contribution in [0.1, 0.15) is 27.6 Å². The van der Waals surface area contributed by atoms with Crippen molar-refractivity contribution < 1.29 is 18.0 Å². The molecule has 1 aliphatic carbocycles. The largest absolute Gasteiger partial charge is 0.294 e. The number of benzene rings is 1. The molecule has 0 aromatic heterocycles. The lowest BCUT2D eigenvalue weighted by Gasteiger charge is -2.29. The number of rotatable bonds is 1. The number of ketones is 2. The molecule has 0 spiro atoms. The van der Waals surface area contributed by atoms with Crippen LogP contribution in [0.15, 0.2) is 24.3 Å². The minimum atomic E-state index is -3.82. The molecule has 90 valence electrons. The number of Topliss-reactive ketones (excluding diaryl/α,β-unsaturated/α-hetero) is 2. The number of sulfone groups is 1. The summed E-state index contributed by atoms with van der Waals surface area (Å²) in [6.07, 6.45) is 3.00. The fourth-order valence-electron chi connectivity index (χ4n) is 2.15. The van der Waals surface area contributed by atoms with E-state index in [1.54, 1.807) is 12.1 Å². The van der Waals surface area contributed by atoms with E-state index in [9.17, 15) is 18.0 Å². The molecule has 2 atom stereocenters. The van der Waals surface area contributed by atoms with Crippen LogP contribution in [0.25, 0.3) is 0 Å². The molecule has 1 aliphatic rings. The van der Waals surface area contributed by atoms with Crippen molar-refractivity contribution in [2.24, 2.45) is 5.92 Å². The van der Waals surface area contributed by atoms with Gasteiger partial charge in [0.2, 0.25) is 0 Å². The number of fused-ring (bicyclic) bond motifs is 1. The van der Waals surface area contributed by atoms with Gasteiger partial charge >= 0.3 is 0 Å². The predicted molar refractivity (Wildman–Crippen MR) is 62.3 cm³/mol. The molecule has 1 aromatic carbocycles. The molecule has 5 heteroatoms. The molecule has 0 N–H and O–H groups in total. The highest BCUT2D eigenvalue weighted by Gasteiger charge is 2.41. The molecular weight excluding hydrogens is 240 g/mol. The Hall–Kier alpha value is -1.49. The highest BCUT2D eigenvalue weighted by atomic mass is 32.2. The first-order valence-electron chi connectivity index (χ1n) is 5.08. The first-order valence-corrected chi connectivity index (χ1v) is 6.80. The number of hydrogen-bond donors (Lipinski definition) is 0. The lowest BCUT2D eigenvalue weighted by molar-refractivity contribution is 0.0839. The van der Waals surface area contributed by atoms with Gasteiger partial charge in [-0.05, 0) is 0 Å². The molecule has 0 bridgehead atoms. The maximum atomic E-state index is 12.0. The molecule has 0 amide bonds. The standard InChI is InChI=1S/C12H11O4S/c1-7-10(13)8-5-3-4-6-9(8)11(14)12(7)17(2,15)16/h3-7,12H,2H2,1H3/q-1. The Kier molecular flexibility index (Phi) is 2.66. The first-order chi connectivity index (χ1) is 7.84. The van der Waals surface area contributed by atoms with Gasteiger partial charge in [0.15, 0.2) is 11.6 Å². The van der Waals surface area contributed by atoms with Crippen molar-refractivity contribution in [1.29, 1.82) is 0 Å². The Morgan fingerprint density at radius 2 is 1.53 bits per heavy atom. The summed E-state index contributed by atoms with van der Waals surface area (Å²) in [5.41, 5.74) is 0.470. The molecule has 17 heavy (non-hydrogen) atoms. The van der Waals surface area contributed by atoms with Gasteiger partial charge in [-0.3, -0.25) is 18.0 Å². The maximum Gasteiger partial charge on any atom is 0.179 e. The fraction of sp³-hybridized carbons (Fsp3) is 0.250. The molecule has 4 nitrogen and oxygen atoms in total. The summed E-state index contributed by atoms with van der Waals surface area (Å²) in [5.74, 6) is -1.74. The molecule has 0 heterocycles. The van der Waals surface area contributed by atoms with E-state index in [0.717, 1.165) is 0 Å². The van der Waals surface area contributed by atoms with Crippen molar-refractivity contribution in [2.45, 2.75) is 12.2 Å². The van der Waals surface area contributed by atoms with E-state index in [1.807, 2.05) is 0 Å². The second-order valence-electron chi connectivity index (χ2n) is 4.15. The molecule has 0 aliphatic heterocycles. The zero-order valence-corrected chi connectivity index (χ0v) is 10.0. The van der Waals surface area contributed by atoms with Crippen molar-refractivity contribution in [3.05, 3.63) is 41.6 Å². The summed E-state index contributed by atoms with van der Waals surface area (Å²) in [4.78, 5) is 24.0. The minimum Gasteiger partial charge on any atom is -0.294 e. The zero-order chi connectivity index (χ0) is 12.8. The Morgan fingerprint density at radius 3 is 2.00 bits per heavy atom. The van der Waals surface area contributed by atoms with Gasteiger partial charge in [-0.15, -0.1) is 0 Å². The van der Waals surface area contributed by atoms with Crippen LogP contribution >= 0.6 is 0 Å². The molecule has 0 saturated carbocycles. The van der Waals surface area contributed by atoms with E-state index < -0.39 is 26.8 Å². The quantitative estimate of drug-likeness (QED) is 0.705. The highest BCUT2D eigenvalue weighted by molar-refractivity contribution is 7.94. The second kappa shape index (κ2) is 3.77. The summed E-state index contributed by atoms with van der Waals surface area (Å²) < 4.78 is 23.0. The topological polar surface area (TPSA) is 68.3 Å². The SMILES string of the molecule is [CH2-]S(=O)(=O)C1C(=O)c2ccccc2C(=O)C1C. The van der Waals surface area contributed by atoms with Gasteiger partial charge in [-0.2, -0.15) is 0 Å². The summed E-state index contributed by atoms with van der Waals surface area (Å²) in [6, 6.07) is 6.26. The van der Waals surface area contributed by atoms with E-state index in [1.165, 1.54) is 19.1 Å². The molecule has 0 saturated heterocycles. The lowest BCUT2D eigenvalue weighted by atomic mass is 9.82. The molecular formula is C12H11O4S-. The highest BCUT2D eigenvalue weighted by Crippen LogP contribution is 2.29. The lowest BCUT2D eigenvalue weighted by Crippen LogP contribution is -2.43. The molecule has 2 unspecified atom stereocenters. The van der Waals surface area contributed by atoms with Crippen LogP contribution in [0.4, 0.5) is 0 Å². The Morgan fingerprint density at radius 1 is 1.06 bits per heavy atom. The van der Waals surface area contributed by atoms with Gasteiger partial charge in [0.25, 0.3) is 0 Å². The molecule has 2 rings (SSSR count). The molecule has 0 radical (unpaired) electrons. The Labute approximate surface area is 99.6 Å². The third-order valence-corrected chi connectivity index (χ3v) is 4.37. The summed E-state index contributed by atoms with van der Waals surface area (Å²) in [6.45, 7) is 1.45. The van der Waals surface area contributed by atoms with Crippen molar-refractivity contribution in [1.82, 2.24) is 0 Å². The van der Waals surface area contributed by atoms with Crippen LogP contribution in [0.5, 0.6) is 0 Å². The van der Waals surface area contributed by atoms with E-state index in [2.05, 4.69) is 6.26 Å². The summed E-state index contributed by atoms with van der Waals surface area (Å²) in [7, 11) is -3.82. The van der Waals surface area contributed by atoms with Crippen LogP contribution in [-0.4, -0.2) is 25.2 Å². The second-order valence-corrected chi connectivity index (χ2v) is 5.98. The van der Waals surface area contributed by atoms with E-state index in [0.29, 0.717) is 5.56 Å². The average molecular weight is 251 g/mol. The third-order valence-electron chi connectivity index (χ3n) is 2.97. The van der Waals surface area contributed by atoms with Gasteiger partial charge in [0.05, 0.1) is 0 Å². The van der Waals surface area contributed by atoms with Crippen molar-refractivity contribution in [2.75, 3.05) is 0 Å². The van der Waals surface area contributed by atoms with Crippen LogP contribution in [-0.2, 0) is 9.84 Å². The van der Waals surface area contributed by atoms with Crippen molar-refractivity contribution in [3.63, 3.8) is 0 Å². The summed E-state index contributed by atoms with van der Waals surface area (Å²) >= 11 is 0. The fourth-order valence-corrected chi connectivity index (χ4v) is 3.35. The zero-order valence-electron chi connectivity index (χ0n) is 9.21. The van der Waals surface area contributed by atoms with Crippen molar-refractivity contribution >= 4 is 21.4 Å². The van der Waals surface area contributed by atoms with Gasteiger partial charge in [-0.1, -0.05) is 31.2 Å². The number of hydrogen-bond acceptors (Lipinski definition) is 4. The monoisotopic (exact) mass is 251 g/mol. The Balaban J connectivity index is 2.67. The van der Waals surface area contributed by atoms with Crippen LogP contribution in [0, 0.1) is 12.2 Å². The minimum absolute atomic E-state index is 0.174. The van der Waals surface area contributed by atoms with Crippen LogP contribution < -0.4 is 0 Å². The summed E-state index contributed by atoms with van der Waals surface area (Å²) in [5, 5.41) is -1.36. The third kappa shape index (κ3) is 1.80. The molecule has 1 aromatic rings. The smallest absolute Gasteiger partial charge is 0.179 e. The average Bonchev–Trinajstić information content (AvgIpc) is 2.24. The number of carbonyl (C=O) groups is 2. The predicted octanol–water partition coefficient (Wildman–Crippen LogP) is 1.28. The first kappa shape index (κ1) is 12.0. The van der Waals surface area contributed by atoms with E-state index >= 15 is 0 Å². The van der Waals surface area contributed by atoms with Gasteiger partial charge in [0, 0.05) is 26.9 Å². The van der Waals surface area contributed by atoms with Gasteiger partial charge in [0.1, 0.15) is 5.25 Å². The maximum absolute atomic E-state index is 12.0. The van der Waals surface area contributed by atoms with E-state index in [4.69, 9.17) is 0 Å². The Bertz CT molecular complexity index is 601. The van der Waals surface area contributed by atoms with Gasteiger partial charge < -0.3 is 0 Å². The number of carbonyl (C=O) groups excluding carboxylic acids is 2. The van der Waals surface area contributed by atoms with E-state index in [-0.39, 0.29) is 11.3 Å². The van der Waals surface area contributed by atoms with Crippen LogP contribution in [0.2, 0.25) is 0 Å².